The Bertz CT molecular complexity index is 729. The van der Waals surface area contributed by atoms with Gasteiger partial charge >= 0.3 is 0 Å². The standard InChI is InChI=1S/C27H50N6O4/c1-7-9-11-13-15-28-23-30-24(29-16-14-12-10-8-2)32-25(31-23)33(21-17-34-26(3,4)35-18-21)22-19-36-27(5,6)37-20-22/h21-22H,7-20H2,1-6H3,(H2,28,29,30,31,32). The second-order valence-electron chi connectivity index (χ2n) is 11.0. The number of aromatic nitrogens is 3. The van der Waals surface area contributed by atoms with Gasteiger partial charge in [0.15, 0.2) is 11.6 Å². The molecule has 10 nitrogen and oxygen atoms in total. The molecule has 2 fully saturated rings. The van der Waals surface area contributed by atoms with Gasteiger partial charge in [0.2, 0.25) is 17.8 Å². The molecule has 10 heteroatoms. The number of rotatable bonds is 15. The van der Waals surface area contributed by atoms with Crippen LogP contribution in [0.4, 0.5) is 17.8 Å². The van der Waals surface area contributed by atoms with Gasteiger partial charge in [0.1, 0.15) is 0 Å². The third-order valence-corrected chi connectivity index (χ3v) is 6.76. The van der Waals surface area contributed by atoms with Crippen LogP contribution in [0, 0.1) is 0 Å². The van der Waals surface area contributed by atoms with E-state index in [-0.39, 0.29) is 12.1 Å². The molecule has 0 aromatic carbocycles. The van der Waals surface area contributed by atoms with Gasteiger partial charge < -0.3 is 34.5 Å². The summed E-state index contributed by atoms with van der Waals surface area (Å²) in [4.78, 5) is 16.6. The van der Waals surface area contributed by atoms with E-state index in [1.807, 2.05) is 27.7 Å². The van der Waals surface area contributed by atoms with Crippen LogP contribution in [0.15, 0.2) is 0 Å². The molecular weight excluding hydrogens is 472 g/mol. The van der Waals surface area contributed by atoms with Crippen molar-refractivity contribution in [3.05, 3.63) is 0 Å². The minimum absolute atomic E-state index is 0.0800. The highest BCUT2D eigenvalue weighted by Crippen LogP contribution is 2.29. The normalized spacial score (nSPS) is 20.1. The number of hydrogen-bond donors (Lipinski definition) is 2. The second kappa shape index (κ2) is 14.4. The van der Waals surface area contributed by atoms with E-state index in [2.05, 4.69) is 29.4 Å². The molecule has 0 amide bonds. The van der Waals surface area contributed by atoms with Crippen molar-refractivity contribution in [3.8, 4) is 0 Å². The van der Waals surface area contributed by atoms with E-state index in [1.165, 1.54) is 38.5 Å². The second-order valence-corrected chi connectivity index (χ2v) is 11.0. The molecular formula is C27H50N6O4. The monoisotopic (exact) mass is 522 g/mol. The molecule has 0 radical (unpaired) electrons. The summed E-state index contributed by atoms with van der Waals surface area (Å²) in [5.41, 5.74) is 0. The average Bonchev–Trinajstić information content (AvgIpc) is 2.86. The highest BCUT2D eigenvalue weighted by atomic mass is 16.7. The van der Waals surface area contributed by atoms with Crippen LogP contribution in [-0.2, 0) is 18.9 Å². The van der Waals surface area contributed by atoms with Crippen LogP contribution in [0.1, 0.15) is 92.9 Å². The zero-order valence-electron chi connectivity index (χ0n) is 24.0. The van der Waals surface area contributed by atoms with Crippen LogP contribution in [0.3, 0.4) is 0 Å². The largest absolute Gasteiger partial charge is 0.354 e. The molecule has 0 bridgehead atoms. The Morgan fingerprint density at radius 1 is 0.649 bits per heavy atom. The molecule has 2 aliphatic rings. The van der Waals surface area contributed by atoms with Crippen LogP contribution in [-0.4, -0.2) is 78.1 Å². The maximum absolute atomic E-state index is 6.03. The first-order chi connectivity index (χ1) is 17.7. The summed E-state index contributed by atoms with van der Waals surface area (Å²) in [6.07, 6.45) is 9.43. The molecule has 3 heterocycles. The Balaban J connectivity index is 1.82. The Morgan fingerprint density at radius 3 is 1.43 bits per heavy atom. The molecule has 1 aromatic rings. The van der Waals surface area contributed by atoms with Gasteiger partial charge in [-0.25, -0.2) is 0 Å². The number of nitrogens with one attached hydrogen (secondary N) is 2. The van der Waals surface area contributed by atoms with Crippen LogP contribution in [0.25, 0.3) is 0 Å². The van der Waals surface area contributed by atoms with Gasteiger partial charge in [0.25, 0.3) is 0 Å². The highest BCUT2D eigenvalue weighted by Gasteiger charge is 2.40. The molecule has 1 aromatic heterocycles. The first-order valence-corrected chi connectivity index (χ1v) is 14.3. The van der Waals surface area contributed by atoms with E-state index in [4.69, 9.17) is 33.9 Å². The molecule has 0 atom stereocenters. The fourth-order valence-corrected chi connectivity index (χ4v) is 4.46. The van der Waals surface area contributed by atoms with Gasteiger partial charge in [-0.15, -0.1) is 0 Å². The highest BCUT2D eigenvalue weighted by molar-refractivity contribution is 5.45. The van der Waals surface area contributed by atoms with E-state index >= 15 is 0 Å². The first-order valence-electron chi connectivity index (χ1n) is 14.3. The van der Waals surface area contributed by atoms with Crippen molar-refractivity contribution in [3.63, 3.8) is 0 Å². The molecule has 212 valence electrons. The SMILES string of the molecule is CCCCCCNc1nc(NCCCCCC)nc(N(C2COC(C)(C)OC2)C2COC(C)(C)OC2)n1. The Kier molecular flexibility index (Phi) is 11.6. The quantitative estimate of drug-likeness (QED) is 0.307. The van der Waals surface area contributed by atoms with E-state index in [0.717, 1.165) is 25.9 Å². The number of nitrogens with zero attached hydrogens (tertiary/aromatic N) is 4. The van der Waals surface area contributed by atoms with Crippen molar-refractivity contribution in [1.29, 1.82) is 0 Å². The first kappa shape index (κ1) is 29.8. The Hall–Kier alpha value is -1.75. The summed E-state index contributed by atoms with van der Waals surface area (Å²) >= 11 is 0. The molecule has 0 aliphatic carbocycles. The van der Waals surface area contributed by atoms with Crippen LogP contribution < -0.4 is 15.5 Å². The lowest BCUT2D eigenvalue weighted by Crippen LogP contribution is -2.59. The van der Waals surface area contributed by atoms with E-state index in [9.17, 15) is 0 Å². The van der Waals surface area contributed by atoms with Crippen molar-refractivity contribution in [1.82, 2.24) is 15.0 Å². The smallest absolute Gasteiger partial charge is 0.232 e. The summed E-state index contributed by atoms with van der Waals surface area (Å²) in [5, 5.41) is 6.86. The minimum Gasteiger partial charge on any atom is -0.354 e. The van der Waals surface area contributed by atoms with E-state index in [0.29, 0.717) is 44.3 Å². The summed E-state index contributed by atoms with van der Waals surface area (Å²) in [6, 6.07) is -0.160. The van der Waals surface area contributed by atoms with Crippen LogP contribution in [0.5, 0.6) is 0 Å². The Morgan fingerprint density at radius 2 is 1.05 bits per heavy atom. The molecule has 2 N–H and O–H groups in total. The van der Waals surface area contributed by atoms with Crippen molar-refractivity contribution in [2.24, 2.45) is 0 Å². The fraction of sp³-hybridized carbons (Fsp3) is 0.889. The van der Waals surface area contributed by atoms with Crippen molar-refractivity contribution in [2.45, 2.75) is 117 Å². The van der Waals surface area contributed by atoms with Gasteiger partial charge in [-0.3, -0.25) is 0 Å². The maximum Gasteiger partial charge on any atom is 0.232 e. The number of anilines is 3. The van der Waals surface area contributed by atoms with Gasteiger partial charge in [0.05, 0.1) is 38.5 Å². The predicted molar refractivity (Wildman–Crippen MR) is 147 cm³/mol. The van der Waals surface area contributed by atoms with Crippen molar-refractivity contribution >= 4 is 17.8 Å². The molecule has 2 aliphatic heterocycles. The van der Waals surface area contributed by atoms with Crippen molar-refractivity contribution in [2.75, 3.05) is 55.1 Å². The molecule has 0 unspecified atom stereocenters. The molecule has 2 saturated heterocycles. The maximum atomic E-state index is 6.03. The summed E-state index contributed by atoms with van der Waals surface area (Å²) < 4.78 is 24.1. The summed E-state index contributed by atoms with van der Waals surface area (Å²) in [6.45, 7) is 15.8. The summed E-state index contributed by atoms with van der Waals surface area (Å²) in [5.74, 6) is 0.520. The van der Waals surface area contributed by atoms with Crippen molar-refractivity contribution < 1.29 is 18.9 Å². The fourth-order valence-electron chi connectivity index (χ4n) is 4.46. The molecule has 37 heavy (non-hydrogen) atoms. The lowest BCUT2D eigenvalue weighted by Gasteiger charge is -2.46. The van der Waals surface area contributed by atoms with E-state index < -0.39 is 11.6 Å². The zero-order chi connectivity index (χ0) is 26.7. The van der Waals surface area contributed by atoms with Gasteiger partial charge in [-0.2, -0.15) is 15.0 Å². The number of ether oxygens (including phenoxy) is 4. The lowest BCUT2D eigenvalue weighted by atomic mass is 10.1. The Labute approximate surface area is 223 Å². The number of unbranched alkanes of at least 4 members (excludes halogenated alkanes) is 6. The average molecular weight is 523 g/mol. The zero-order valence-corrected chi connectivity index (χ0v) is 24.0. The topological polar surface area (TPSA) is 103 Å². The molecule has 0 saturated carbocycles. The third kappa shape index (κ3) is 9.81. The molecule has 3 rings (SSSR count). The van der Waals surface area contributed by atoms with E-state index in [1.54, 1.807) is 0 Å². The number of hydrogen-bond acceptors (Lipinski definition) is 10. The summed E-state index contributed by atoms with van der Waals surface area (Å²) in [7, 11) is 0. The van der Waals surface area contributed by atoms with Gasteiger partial charge in [0, 0.05) is 13.1 Å². The molecule has 0 spiro atoms. The third-order valence-electron chi connectivity index (χ3n) is 6.76. The van der Waals surface area contributed by atoms with Gasteiger partial charge in [-0.05, 0) is 40.5 Å². The minimum atomic E-state index is -0.612. The van der Waals surface area contributed by atoms with Crippen LogP contribution in [0.2, 0.25) is 0 Å². The van der Waals surface area contributed by atoms with Crippen LogP contribution >= 0.6 is 0 Å². The predicted octanol–water partition coefficient (Wildman–Crippen LogP) is 4.97. The lowest BCUT2D eigenvalue weighted by molar-refractivity contribution is -0.261. The van der Waals surface area contributed by atoms with Gasteiger partial charge in [-0.1, -0.05) is 52.4 Å².